The third-order valence-corrected chi connectivity index (χ3v) is 9.98. The van der Waals surface area contributed by atoms with Gasteiger partial charge in [-0.15, -0.1) is 0 Å². The van der Waals surface area contributed by atoms with Crippen LogP contribution in [-0.4, -0.2) is 0 Å². The Morgan fingerprint density at radius 2 is 0.739 bits per heavy atom. The highest BCUT2D eigenvalue weighted by atomic mass is 14.2. The number of hydrogen-bond acceptors (Lipinski definition) is 0. The fraction of sp³-hybridized carbons (Fsp3) is 0. The molecule has 10 rings (SSSR count). The first kappa shape index (κ1) is 25.4. The predicted molar refractivity (Wildman–Crippen MR) is 197 cm³/mol. The lowest BCUT2D eigenvalue weighted by atomic mass is 9.89. The molecule has 0 heterocycles. The van der Waals surface area contributed by atoms with Crippen molar-refractivity contribution < 1.29 is 0 Å². The number of fused-ring (bicyclic) bond motifs is 7. The van der Waals surface area contributed by atoms with E-state index in [1.165, 1.54) is 98.7 Å². The van der Waals surface area contributed by atoms with E-state index >= 15 is 0 Å². The molecule has 0 N–H and O–H groups in total. The maximum atomic E-state index is 2.37. The predicted octanol–water partition coefficient (Wildman–Crippen LogP) is 12.9. The SMILES string of the molecule is c1ccc(-c2cc3ccccc3cc2-c2ccc3c(ccc4cc(-c5ccc6c7c(cccc57)-c5ccccc5-6)ccc43)c2)cc1. The third kappa shape index (κ3) is 3.74. The molecule has 0 bridgehead atoms. The van der Waals surface area contributed by atoms with Crippen LogP contribution in [0, 0.1) is 0 Å². The van der Waals surface area contributed by atoms with Crippen molar-refractivity contribution in [1.29, 1.82) is 0 Å². The molecule has 46 heavy (non-hydrogen) atoms. The van der Waals surface area contributed by atoms with Crippen LogP contribution in [0.1, 0.15) is 0 Å². The van der Waals surface area contributed by atoms with Crippen LogP contribution in [0.25, 0.3) is 98.7 Å². The monoisotopic (exact) mass is 580 g/mol. The maximum Gasteiger partial charge on any atom is -0.00201 e. The molecule has 0 radical (unpaired) electrons. The van der Waals surface area contributed by atoms with Crippen LogP contribution < -0.4 is 0 Å². The van der Waals surface area contributed by atoms with Gasteiger partial charge in [0.1, 0.15) is 0 Å². The summed E-state index contributed by atoms with van der Waals surface area (Å²) in [6, 6.07) is 62.8. The summed E-state index contributed by atoms with van der Waals surface area (Å²) in [5.74, 6) is 0. The maximum absolute atomic E-state index is 2.37. The fourth-order valence-electron chi connectivity index (χ4n) is 7.80. The summed E-state index contributed by atoms with van der Waals surface area (Å²) < 4.78 is 0. The summed E-state index contributed by atoms with van der Waals surface area (Å²) in [5, 5.41) is 10.3. The smallest absolute Gasteiger partial charge is 0.00201 e. The van der Waals surface area contributed by atoms with Gasteiger partial charge in [0, 0.05) is 0 Å². The van der Waals surface area contributed by atoms with Crippen LogP contribution in [-0.2, 0) is 0 Å². The number of benzene rings is 9. The topological polar surface area (TPSA) is 0 Å². The summed E-state index contributed by atoms with van der Waals surface area (Å²) in [5.41, 5.74) is 12.9. The van der Waals surface area contributed by atoms with Gasteiger partial charge in [-0.25, -0.2) is 0 Å². The van der Waals surface area contributed by atoms with Crippen LogP contribution >= 0.6 is 0 Å². The van der Waals surface area contributed by atoms with Crippen LogP contribution in [0.15, 0.2) is 170 Å². The molecular weight excluding hydrogens is 553 g/mol. The molecule has 1 aliphatic rings. The minimum atomic E-state index is 1.24. The van der Waals surface area contributed by atoms with E-state index in [4.69, 9.17) is 0 Å². The molecule has 0 nitrogen and oxygen atoms in total. The Morgan fingerprint density at radius 3 is 1.41 bits per heavy atom. The Labute approximate surface area is 267 Å². The van der Waals surface area contributed by atoms with Crippen molar-refractivity contribution in [2.45, 2.75) is 0 Å². The Morgan fingerprint density at radius 1 is 0.217 bits per heavy atom. The molecule has 9 aromatic rings. The Hall–Kier alpha value is -5.98. The fourth-order valence-corrected chi connectivity index (χ4v) is 7.80. The Bertz CT molecular complexity index is 2650. The van der Waals surface area contributed by atoms with E-state index in [1.807, 2.05) is 0 Å². The summed E-state index contributed by atoms with van der Waals surface area (Å²) >= 11 is 0. The zero-order valence-corrected chi connectivity index (χ0v) is 25.2. The van der Waals surface area contributed by atoms with E-state index in [1.54, 1.807) is 0 Å². The van der Waals surface area contributed by atoms with Crippen LogP contribution in [0.4, 0.5) is 0 Å². The van der Waals surface area contributed by atoms with E-state index in [-0.39, 0.29) is 0 Å². The highest BCUT2D eigenvalue weighted by molar-refractivity contribution is 6.19. The second kappa shape index (κ2) is 9.76. The first-order chi connectivity index (χ1) is 22.8. The van der Waals surface area contributed by atoms with Crippen LogP contribution in [0.5, 0.6) is 0 Å². The Balaban J connectivity index is 1.10. The molecule has 212 valence electrons. The molecule has 0 fully saturated rings. The molecule has 0 spiro atoms. The highest BCUT2D eigenvalue weighted by Crippen LogP contribution is 2.49. The van der Waals surface area contributed by atoms with Crippen molar-refractivity contribution in [3.8, 4) is 55.6 Å². The van der Waals surface area contributed by atoms with Gasteiger partial charge in [0.05, 0.1) is 0 Å². The molecule has 1 aliphatic carbocycles. The summed E-state index contributed by atoms with van der Waals surface area (Å²) in [6.45, 7) is 0. The number of hydrogen-bond donors (Lipinski definition) is 0. The summed E-state index contributed by atoms with van der Waals surface area (Å²) in [4.78, 5) is 0. The third-order valence-electron chi connectivity index (χ3n) is 9.98. The van der Waals surface area contributed by atoms with Crippen molar-refractivity contribution in [1.82, 2.24) is 0 Å². The van der Waals surface area contributed by atoms with Crippen LogP contribution in [0.2, 0.25) is 0 Å². The average Bonchev–Trinajstić information content (AvgIpc) is 3.46. The lowest BCUT2D eigenvalue weighted by molar-refractivity contribution is 1.62. The van der Waals surface area contributed by atoms with Gasteiger partial charge in [-0.2, -0.15) is 0 Å². The average molecular weight is 581 g/mol. The highest BCUT2D eigenvalue weighted by Gasteiger charge is 2.22. The van der Waals surface area contributed by atoms with Crippen molar-refractivity contribution in [2.24, 2.45) is 0 Å². The largest absolute Gasteiger partial charge is 0.0622 e. The lowest BCUT2D eigenvalue weighted by Crippen LogP contribution is -1.88. The van der Waals surface area contributed by atoms with Gasteiger partial charge in [0.25, 0.3) is 0 Å². The van der Waals surface area contributed by atoms with Gasteiger partial charge in [-0.1, -0.05) is 146 Å². The minimum absolute atomic E-state index is 1.24. The van der Waals surface area contributed by atoms with Crippen molar-refractivity contribution in [2.75, 3.05) is 0 Å². The van der Waals surface area contributed by atoms with Gasteiger partial charge < -0.3 is 0 Å². The van der Waals surface area contributed by atoms with Crippen molar-refractivity contribution in [3.63, 3.8) is 0 Å². The summed E-state index contributed by atoms with van der Waals surface area (Å²) in [7, 11) is 0. The zero-order chi connectivity index (χ0) is 30.2. The van der Waals surface area contributed by atoms with E-state index < -0.39 is 0 Å². The van der Waals surface area contributed by atoms with Gasteiger partial charge in [-0.3, -0.25) is 0 Å². The molecule has 0 atom stereocenters. The van der Waals surface area contributed by atoms with E-state index in [0.29, 0.717) is 0 Å². The zero-order valence-electron chi connectivity index (χ0n) is 25.2. The van der Waals surface area contributed by atoms with Gasteiger partial charge >= 0.3 is 0 Å². The van der Waals surface area contributed by atoms with Crippen molar-refractivity contribution in [3.05, 3.63) is 170 Å². The van der Waals surface area contributed by atoms with Gasteiger partial charge in [0.2, 0.25) is 0 Å². The van der Waals surface area contributed by atoms with Crippen molar-refractivity contribution >= 4 is 43.1 Å². The second-order valence-corrected chi connectivity index (χ2v) is 12.5. The first-order valence-corrected chi connectivity index (χ1v) is 16.0. The molecule has 0 aromatic heterocycles. The van der Waals surface area contributed by atoms with Gasteiger partial charge in [-0.05, 0) is 123 Å². The molecule has 0 unspecified atom stereocenters. The van der Waals surface area contributed by atoms with Crippen LogP contribution in [0.3, 0.4) is 0 Å². The molecule has 0 amide bonds. The van der Waals surface area contributed by atoms with E-state index in [2.05, 4.69) is 170 Å². The minimum Gasteiger partial charge on any atom is -0.0622 e. The standard InChI is InChI=1S/C46H28/c1-2-9-29(10-3-1)44-27-30-11-4-5-12-31(30)28-45(44)35-20-22-37-33(26-35)18-17-32-25-34(19-21-36(32)37)38-23-24-43-40-14-7-6-13-39(40)42-16-8-15-41(38)46(42)43/h1-28H. The lowest BCUT2D eigenvalue weighted by Gasteiger charge is -2.14. The Kier molecular flexibility index (Phi) is 5.38. The molecule has 9 aromatic carbocycles. The normalized spacial score (nSPS) is 11.9. The second-order valence-electron chi connectivity index (χ2n) is 12.5. The number of rotatable bonds is 3. The molecule has 0 heteroatoms. The van der Waals surface area contributed by atoms with Gasteiger partial charge in [0.15, 0.2) is 0 Å². The first-order valence-electron chi connectivity index (χ1n) is 16.0. The molecule has 0 saturated heterocycles. The molecule has 0 saturated carbocycles. The molecular formula is C46H28. The molecule has 0 aliphatic heterocycles. The quantitative estimate of drug-likeness (QED) is 0.182. The van der Waals surface area contributed by atoms with E-state index in [0.717, 1.165) is 0 Å². The summed E-state index contributed by atoms with van der Waals surface area (Å²) in [6.07, 6.45) is 0. The van der Waals surface area contributed by atoms with E-state index in [9.17, 15) is 0 Å².